The van der Waals surface area contributed by atoms with E-state index >= 15 is 0 Å². The molecule has 2 N–H and O–H groups in total. The van der Waals surface area contributed by atoms with E-state index in [2.05, 4.69) is 46.7 Å². The number of nitrogens with one attached hydrogen (secondary N) is 2. The lowest BCUT2D eigenvalue weighted by Gasteiger charge is -2.25. The second-order valence-corrected chi connectivity index (χ2v) is 10.2. The number of ether oxygens (including phenoxy) is 3. The number of hydrogen-bond donors (Lipinski definition) is 2. The molecule has 0 bridgehead atoms. The minimum atomic E-state index is -0.389. The van der Waals surface area contributed by atoms with Crippen molar-refractivity contribution >= 4 is 16.6 Å². The Morgan fingerprint density at radius 3 is 2.49 bits per heavy atom. The van der Waals surface area contributed by atoms with Gasteiger partial charge in [-0.2, -0.15) is 0 Å². The largest absolute Gasteiger partial charge is 0.496 e. The number of rotatable bonds is 9. The van der Waals surface area contributed by atoms with Gasteiger partial charge in [0.05, 0.1) is 18.1 Å². The molecule has 0 amide bonds. The number of fused-ring (bicyclic) bond motifs is 3. The van der Waals surface area contributed by atoms with Gasteiger partial charge in [-0.3, -0.25) is 10.1 Å². The van der Waals surface area contributed by atoms with E-state index in [1.807, 2.05) is 30.3 Å². The minimum absolute atomic E-state index is 0.0221. The molecule has 0 spiro atoms. The Hall–Kier alpha value is -4.82. The number of H-pyrrole nitrogens is 1. The van der Waals surface area contributed by atoms with Crippen molar-refractivity contribution in [1.82, 2.24) is 10.3 Å². The quantitative estimate of drug-likeness (QED) is 0.155. The molecule has 6 rings (SSSR count). The number of benzene rings is 4. The van der Waals surface area contributed by atoms with Crippen LogP contribution in [0.15, 0.2) is 84.9 Å². The van der Waals surface area contributed by atoms with Crippen molar-refractivity contribution in [3.05, 3.63) is 129 Å². The Morgan fingerprint density at radius 1 is 0.927 bits per heavy atom. The highest BCUT2D eigenvalue weighted by molar-refractivity contribution is 5.86. The summed E-state index contributed by atoms with van der Waals surface area (Å²) in [5.74, 6) is 2.14. The van der Waals surface area contributed by atoms with Crippen LogP contribution in [0.4, 0.5) is 5.69 Å². The first kappa shape index (κ1) is 26.4. The fourth-order valence-electron chi connectivity index (χ4n) is 5.50. The van der Waals surface area contributed by atoms with Gasteiger partial charge in [-0.1, -0.05) is 36.4 Å². The Labute approximate surface area is 238 Å². The fourth-order valence-corrected chi connectivity index (χ4v) is 5.50. The highest BCUT2D eigenvalue weighted by Crippen LogP contribution is 2.36. The Morgan fingerprint density at radius 2 is 1.71 bits per heavy atom. The fraction of sp³-hybridized carbons (Fsp3) is 0.212. The topological polar surface area (TPSA) is 98.7 Å². The zero-order valence-corrected chi connectivity index (χ0v) is 23.0. The van der Waals surface area contributed by atoms with Crippen LogP contribution in [-0.2, 0) is 19.6 Å². The highest BCUT2D eigenvalue weighted by Gasteiger charge is 2.26. The molecule has 208 valence electrons. The second-order valence-electron chi connectivity index (χ2n) is 10.2. The molecule has 4 aromatic carbocycles. The molecule has 0 saturated heterocycles. The number of nitro groups is 1. The van der Waals surface area contributed by atoms with Crippen molar-refractivity contribution in [3.63, 3.8) is 0 Å². The summed E-state index contributed by atoms with van der Waals surface area (Å²) < 4.78 is 17.8. The van der Waals surface area contributed by atoms with Gasteiger partial charge < -0.3 is 24.5 Å². The molecule has 2 heterocycles. The van der Waals surface area contributed by atoms with Crippen LogP contribution in [0.1, 0.15) is 39.6 Å². The van der Waals surface area contributed by atoms with E-state index in [0.29, 0.717) is 17.9 Å². The van der Waals surface area contributed by atoms with Crippen molar-refractivity contribution in [2.24, 2.45) is 0 Å². The van der Waals surface area contributed by atoms with Crippen molar-refractivity contribution < 1.29 is 19.1 Å². The average molecular weight is 550 g/mol. The smallest absolute Gasteiger partial charge is 0.272 e. The van der Waals surface area contributed by atoms with Gasteiger partial charge in [0.25, 0.3) is 5.69 Å². The van der Waals surface area contributed by atoms with Crippen molar-refractivity contribution in [3.8, 4) is 17.2 Å². The summed E-state index contributed by atoms with van der Waals surface area (Å²) in [5, 5.41) is 16.0. The first-order chi connectivity index (χ1) is 20.0. The lowest BCUT2D eigenvalue weighted by molar-refractivity contribution is -0.385. The van der Waals surface area contributed by atoms with E-state index in [-0.39, 0.29) is 23.3 Å². The molecule has 1 aromatic heterocycles. The molecular weight excluding hydrogens is 518 g/mol. The van der Waals surface area contributed by atoms with Gasteiger partial charge >= 0.3 is 0 Å². The summed E-state index contributed by atoms with van der Waals surface area (Å²) in [5.41, 5.74) is 7.28. The van der Waals surface area contributed by atoms with E-state index in [1.54, 1.807) is 26.2 Å². The minimum Gasteiger partial charge on any atom is -0.496 e. The van der Waals surface area contributed by atoms with Crippen molar-refractivity contribution in [1.29, 1.82) is 0 Å². The van der Waals surface area contributed by atoms with Crippen LogP contribution in [-0.4, -0.2) is 23.6 Å². The van der Waals surface area contributed by atoms with E-state index in [1.165, 1.54) is 17.0 Å². The first-order valence-corrected chi connectivity index (χ1v) is 13.6. The average Bonchev–Trinajstić information content (AvgIpc) is 3.37. The molecule has 0 aliphatic carbocycles. The summed E-state index contributed by atoms with van der Waals surface area (Å²) in [6, 6.07) is 27.3. The first-order valence-electron chi connectivity index (χ1n) is 13.6. The third-order valence-electron chi connectivity index (χ3n) is 7.57. The van der Waals surface area contributed by atoms with E-state index in [0.717, 1.165) is 52.4 Å². The standard InChI is InChI=1S/C33H31N3O5/c1-21-16-25(10-12-30(21)36(37)38)41-20-24-17-23(8-13-31(24)39-2)32-33-27(14-15-34-32)28-18-26(9-11-29(28)35-33)40-19-22-6-4-3-5-7-22/h3-13,16-18,32,34-35H,14-15,19-20H2,1-2H3/t32-/m1/s1. The zero-order chi connectivity index (χ0) is 28.3. The van der Waals surface area contributed by atoms with Crippen LogP contribution in [0.3, 0.4) is 0 Å². The second kappa shape index (κ2) is 11.3. The van der Waals surface area contributed by atoms with Crippen LogP contribution < -0.4 is 19.5 Å². The molecule has 1 atom stereocenters. The van der Waals surface area contributed by atoms with Crippen LogP contribution in [0.5, 0.6) is 17.2 Å². The van der Waals surface area contributed by atoms with Gasteiger partial charge in [-0.05, 0) is 72.5 Å². The number of nitrogens with zero attached hydrogens (tertiary/aromatic N) is 1. The molecule has 0 saturated carbocycles. The van der Waals surface area contributed by atoms with Gasteiger partial charge in [-0.25, -0.2) is 0 Å². The number of methoxy groups -OCH3 is 1. The van der Waals surface area contributed by atoms with Gasteiger partial charge in [0, 0.05) is 40.3 Å². The van der Waals surface area contributed by atoms with E-state index in [4.69, 9.17) is 14.2 Å². The monoisotopic (exact) mass is 549 g/mol. The highest BCUT2D eigenvalue weighted by atomic mass is 16.6. The molecule has 41 heavy (non-hydrogen) atoms. The molecule has 1 aliphatic rings. The number of nitro benzene ring substituents is 1. The molecular formula is C33H31N3O5. The summed E-state index contributed by atoms with van der Waals surface area (Å²) in [4.78, 5) is 14.4. The number of aromatic nitrogens is 1. The van der Waals surface area contributed by atoms with Gasteiger partial charge in [0.1, 0.15) is 30.5 Å². The molecule has 8 nitrogen and oxygen atoms in total. The summed E-state index contributed by atoms with van der Waals surface area (Å²) in [6.07, 6.45) is 0.916. The van der Waals surface area contributed by atoms with Crippen LogP contribution in [0.2, 0.25) is 0 Å². The summed E-state index contributed by atoms with van der Waals surface area (Å²) in [6.45, 7) is 3.35. The van der Waals surface area contributed by atoms with Crippen LogP contribution in [0, 0.1) is 17.0 Å². The summed E-state index contributed by atoms with van der Waals surface area (Å²) >= 11 is 0. The van der Waals surface area contributed by atoms with Gasteiger partial charge in [0.15, 0.2) is 0 Å². The van der Waals surface area contributed by atoms with Crippen molar-refractivity contribution in [2.75, 3.05) is 13.7 Å². The predicted octanol–water partition coefficient (Wildman–Crippen LogP) is 6.79. The Balaban J connectivity index is 1.25. The normalized spacial score (nSPS) is 14.4. The molecule has 5 aromatic rings. The number of aromatic amines is 1. The Kier molecular flexibility index (Phi) is 7.31. The third-order valence-corrected chi connectivity index (χ3v) is 7.57. The molecule has 1 aliphatic heterocycles. The van der Waals surface area contributed by atoms with Gasteiger partial charge in [0.2, 0.25) is 0 Å². The molecule has 0 unspecified atom stereocenters. The van der Waals surface area contributed by atoms with Gasteiger partial charge in [-0.15, -0.1) is 0 Å². The third kappa shape index (κ3) is 5.47. The maximum Gasteiger partial charge on any atom is 0.272 e. The maximum atomic E-state index is 11.2. The van der Waals surface area contributed by atoms with E-state index in [9.17, 15) is 10.1 Å². The lowest BCUT2D eigenvalue weighted by atomic mass is 9.93. The molecule has 8 heteroatoms. The van der Waals surface area contributed by atoms with Crippen molar-refractivity contribution in [2.45, 2.75) is 32.6 Å². The lowest BCUT2D eigenvalue weighted by Crippen LogP contribution is -2.30. The van der Waals surface area contributed by atoms with Crippen LogP contribution >= 0.6 is 0 Å². The SMILES string of the molecule is COc1ccc([C@H]2NCCc3c2[nH]c2ccc(OCc4ccccc4)cc32)cc1COc1ccc([N+](=O)[O-])c(C)c1. The summed E-state index contributed by atoms with van der Waals surface area (Å²) in [7, 11) is 1.64. The van der Waals surface area contributed by atoms with E-state index < -0.39 is 0 Å². The molecule has 0 fully saturated rings. The molecule has 0 radical (unpaired) electrons. The Bertz CT molecular complexity index is 1710. The predicted molar refractivity (Wildman–Crippen MR) is 158 cm³/mol. The zero-order valence-electron chi connectivity index (χ0n) is 23.0. The number of aryl methyl sites for hydroxylation is 1. The maximum absolute atomic E-state index is 11.2. The van der Waals surface area contributed by atoms with Crippen LogP contribution in [0.25, 0.3) is 10.9 Å². The number of hydrogen-bond acceptors (Lipinski definition) is 6.